The fourth-order valence-corrected chi connectivity index (χ4v) is 4.25. The first-order valence-corrected chi connectivity index (χ1v) is 12.7. The number of aryl methyl sites for hydroxylation is 1. The normalized spacial score (nSPS) is 14.4. The molecule has 1 rings (SSSR count). The van der Waals surface area contributed by atoms with Crippen LogP contribution >= 0.6 is 18.3 Å². The Morgan fingerprint density at radius 2 is 1.68 bits per heavy atom. The van der Waals surface area contributed by atoms with Crippen molar-refractivity contribution in [1.82, 2.24) is 0 Å². The van der Waals surface area contributed by atoms with E-state index in [1.54, 1.807) is 0 Å². The molecule has 2 atom stereocenters. The number of hydrogen-bond acceptors (Lipinski definition) is 5. The first-order valence-electron chi connectivity index (χ1n) is 8.52. The van der Waals surface area contributed by atoms with Gasteiger partial charge in [0, 0.05) is 0 Å². The zero-order valence-corrected chi connectivity index (χ0v) is 21.3. The molecular formula is C17H28O3PS3Zn+. The van der Waals surface area contributed by atoms with E-state index < -0.39 is 11.1 Å². The molecule has 1 aromatic carbocycles. The van der Waals surface area contributed by atoms with Crippen molar-refractivity contribution in [2.24, 2.45) is 0 Å². The van der Waals surface area contributed by atoms with Crippen LogP contribution in [-0.2, 0) is 54.5 Å². The summed E-state index contributed by atoms with van der Waals surface area (Å²) in [5, 5.41) is 0. The Hall–Kier alpha value is 0.913. The van der Waals surface area contributed by atoms with Gasteiger partial charge in [0.2, 0.25) is 0 Å². The van der Waals surface area contributed by atoms with Crippen LogP contribution in [0.4, 0.5) is 0 Å². The Balaban J connectivity index is 0.00000576. The summed E-state index contributed by atoms with van der Waals surface area (Å²) in [4.78, 5) is 9.30. The average molecular weight is 473 g/mol. The predicted octanol–water partition coefficient (Wildman–Crippen LogP) is 5.39. The summed E-state index contributed by atoms with van der Waals surface area (Å²) in [5.74, 6) is 0.747. The van der Waals surface area contributed by atoms with Crippen molar-refractivity contribution in [1.29, 1.82) is 0 Å². The molecule has 0 bridgehead atoms. The quantitative estimate of drug-likeness (QED) is 0.100. The Morgan fingerprint density at radius 3 is 2.24 bits per heavy atom. The summed E-state index contributed by atoms with van der Waals surface area (Å²) >= 11 is 13.4. The van der Waals surface area contributed by atoms with Gasteiger partial charge in [-0.3, -0.25) is 0 Å². The Kier molecular flexibility index (Phi) is 15.5. The average Bonchev–Trinajstić information content (AvgIpc) is 2.51. The number of rotatable bonds is 13. The van der Waals surface area contributed by atoms with Crippen molar-refractivity contribution >= 4 is 42.4 Å². The molecule has 0 aromatic heterocycles. The molecule has 8 heteroatoms. The summed E-state index contributed by atoms with van der Waals surface area (Å²) in [5.41, 5.74) is -2.41. The van der Waals surface area contributed by atoms with Gasteiger partial charge in [-0.05, 0) is 30.5 Å². The molecule has 1 aromatic rings. The molecule has 0 aliphatic heterocycles. The van der Waals surface area contributed by atoms with Crippen LogP contribution in [0.2, 0.25) is 0 Å². The van der Waals surface area contributed by atoms with Gasteiger partial charge in [-0.15, -0.1) is 12.6 Å². The molecule has 25 heavy (non-hydrogen) atoms. The smallest absolute Gasteiger partial charge is 0.692 e. The Morgan fingerprint density at radius 1 is 1.12 bits per heavy atom. The number of ether oxygens (including phenoxy) is 1. The second kappa shape index (κ2) is 14.9. The SMILES string of the molecule is CCCCCCCCCc1ccc(OCC(S)OP(O)(=S)[S-])cc1.[Zn+2]. The van der Waals surface area contributed by atoms with Crippen LogP contribution < -0.4 is 4.74 Å². The van der Waals surface area contributed by atoms with E-state index in [0.29, 0.717) is 0 Å². The van der Waals surface area contributed by atoms with E-state index in [-0.39, 0.29) is 26.1 Å². The molecule has 0 amide bonds. The van der Waals surface area contributed by atoms with Gasteiger partial charge in [-0.1, -0.05) is 69.4 Å². The minimum atomic E-state index is -3.12. The van der Waals surface area contributed by atoms with Crippen LogP contribution in [0.5, 0.6) is 5.75 Å². The molecule has 0 saturated carbocycles. The van der Waals surface area contributed by atoms with Crippen molar-refractivity contribution in [3.05, 3.63) is 29.8 Å². The van der Waals surface area contributed by atoms with E-state index in [0.717, 1.165) is 12.2 Å². The molecule has 138 valence electrons. The van der Waals surface area contributed by atoms with Crippen molar-refractivity contribution < 1.29 is 33.6 Å². The maximum atomic E-state index is 9.30. The van der Waals surface area contributed by atoms with Crippen LogP contribution in [0.15, 0.2) is 24.3 Å². The third-order valence-electron chi connectivity index (χ3n) is 3.64. The molecular weight excluding hydrogens is 445 g/mol. The van der Waals surface area contributed by atoms with Crippen molar-refractivity contribution in [2.45, 2.75) is 63.7 Å². The second-order valence-electron chi connectivity index (χ2n) is 5.85. The fourth-order valence-electron chi connectivity index (χ4n) is 2.39. The fraction of sp³-hybridized carbons (Fsp3) is 0.647. The van der Waals surface area contributed by atoms with Gasteiger partial charge in [0.05, 0.1) is 5.69 Å². The molecule has 0 heterocycles. The van der Waals surface area contributed by atoms with Crippen LogP contribution in [0.25, 0.3) is 0 Å². The number of thiol groups is 1. The van der Waals surface area contributed by atoms with E-state index >= 15 is 0 Å². The third-order valence-corrected chi connectivity index (χ3v) is 5.10. The van der Waals surface area contributed by atoms with Gasteiger partial charge in [0.15, 0.2) is 0 Å². The summed E-state index contributed by atoms with van der Waals surface area (Å²) in [7, 11) is 0. The zero-order chi connectivity index (χ0) is 17.8. The molecule has 3 nitrogen and oxygen atoms in total. The monoisotopic (exact) mass is 471 g/mol. The molecule has 0 saturated heterocycles. The van der Waals surface area contributed by atoms with Crippen LogP contribution in [-0.4, -0.2) is 16.9 Å². The van der Waals surface area contributed by atoms with Gasteiger partial charge >= 0.3 is 19.5 Å². The van der Waals surface area contributed by atoms with Gasteiger partial charge in [0.25, 0.3) is 0 Å². The minimum absolute atomic E-state index is 0. The minimum Gasteiger partial charge on any atom is -0.692 e. The maximum Gasteiger partial charge on any atom is 2.00 e. The topological polar surface area (TPSA) is 38.7 Å². The largest absolute Gasteiger partial charge is 2.00 e. The number of benzene rings is 1. The summed E-state index contributed by atoms with van der Waals surface area (Å²) < 4.78 is 10.6. The van der Waals surface area contributed by atoms with Crippen molar-refractivity contribution in [3.63, 3.8) is 0 Å². The molecule has 0 radical (unpaired) electrons. The second-order valence-corrected chi connectivity index (χ2v) is 11.2. The van der Waals surface area contributed by atoms with E-state index in [1.165, 1.54) is 50.5 Å². The summed E-state index contributed by atoms with van der Waals surface area (Å²) in [6, 6.07) is 8.06. The molecule has 2 unspecified atom stereocenters. The first kappa shape index (κ1) is 25.9. The molecule has 0 spiro atoms. The van der Waals surface area contributed by atoms with Gasteiger partial charge < -0.3 is 26.4 Å². The summed E-state index contributed by atoms with van der Waals surface area (Å²) in [6.07, 6.45) is 10.4. The van der Waals surface area contributed by atoms with Gasteiger partial charge in [-0.25, -0.2) is 0 Å². The van der Waals surface area contributed by atoms with Crippen LogP contribution in [0.1, 0.15) is 57.4 Å². The standard InChI is InChI=1S/C17H29O3PS3.Zn/c1-2-3-4-5-6-7-8-9-15-10-12-16(13-11-15)19-14-17(22)20-21(18,23)24;/h10-13,17,22H,2-9,14H2,1H3,(H2,18,23,24);/q;+2/p-1. The van der Waals surface area contributed by atoms with Crippen LogP contribution in [0.3, 0.4) is 0 Å². The molecule has 0 aliphatic rings. The van der Waals surface area contributed by atoms with Crippen molar-refractivity contribution in [2.75, 3.05) is 6.61 Å². The number of hydrogen-bond donors (Lipinski definition) is 2. The van der Waals surface area contributed by atoms with Crippen molar-refractivity contribution in [3.8, 4) is 5.75 Å². The van der Waals surface area contributed by atoms with E-state index in [1.807, 2.05) is 12.1 Å². The Labute approximate surface area is 181 Å². The number of unbranched alkanes of at least 4 members (excludes halogenated alkanes) is 6. The Bertz CT molecular complexity index is 496. The first-order chi connectivity index (χ1) is 11.4. The van der Waals surface area contributed by atoms with E-state index in [2.05, 4.69) is 55.7 Å². The van der Waals surface area contributed by atoms with E-state index in [9.17, 15) is 4.89 Å². The maximum absolute atomic E-state index is 9.30. The molecule has 0 aliphatic carbocycles. The van der Waals surface area contributed by atoms with Crippen LogP contribution in [0, 0.1) is 0 Å². The third kappa shape index (κ3) is 14.6. The summed E-state index contributed by atoms with van der Waals surface area (Å²) in [6.45, 7) is 2.44. The van der Waals surface area contributed by atoms with Gasteiger partial charge in [0.1, 0.15) is 17.8 Å². The molecule has 0 fully saturated rings. The van der Waals surface area contributed by atoms with Gasteiger partial charge in [-0.2, -0.15) is 0 Å². The van der Waals surface area contributed by atoms with E-state index in [4.69, 9.17) is 9.26 Å². The molecule has 1 N–H and O–H groups in total. The predicted molar refractivity (Wildman–Crippen MR) is 111 cm³/mol. The zero-order valence-electron chi connectivity index (χ0n) is 14.9.